The molecule has 0 aromatic carbocycles. The normalized spacial score (nSPS) is 27.3. The lowest BCUT2D eigenvalue weighted by Gasteiger charge is -2.38. The molecule has 114 valence electrons. The lowest BCUT2D eigenvalue weighted by molar-refractivity contribution is -0.0298. The first-order chi connectivity index (χ1) is 9.80. The van der Waals surface area contributed by atoms with Gasteiger partial charge in [0, 0.05) is 17.0 Å². The fourth-order valence-electron chi connectivity index (χ4n) is 3.43. The number of anilines is 1. The Morgan fingerprint density at radius 3 is 2.57 bits per heavy atom. The smallest absolute Gasteiger partial charge is 0.147 e. The summed E-state index contributed by atoms with van der Waals surface area (Å²) < 4.78 is 8.50. The summed E-state index contributed by atoms with van der Waals surface area (Å²) in [5.41, 5.74) is 6.85. The third-order valence-electron chi connectivity index (χ3n) is 5.54. The zero-order valence-corrected chi connectivity index (χ0v) is 13.4. The second-order valence-corrected chi connectivity index (χ2v) is 7.05. The number of hydrogen-bond acceptors (Lipinski definition) is 4. The van der Waals surface area contributed by atoms with Gasteiger partial charge >= 0.3 is 0 Å². The van der Waals surface area contributed by atoms with Crippen LogP contribution < -0.4 is 5.73 Å². The maximum Gasteiger partial charge on any atom is 0.147 e. The fraction of sp³-hybridized carbons (Fsp3) is 0.625. The van der Waals surface area contributed by atoms with Crippen molar-refractivity contribution >= 4 is 16.9 Å². The average molecular weight is 288 g/mol. The predicted octanol–water partition coefficient (Wildman–Crippen LogP) is 3.37. The highest BCUT2D eigenvalue weighted by molar-refractivity contribution is 5.86. The number of fused-ring (bicyclic) bond motifs is 1. The Hall–Kier alpha value is -1.62. The van der Waals surface area contributed by atoms with E-state index in [2.05, 4.69) is 49.2 Å². The molecule has 2 atom stereocenters. The zero-order valence-electron chi connectivity index (χ0n) is 13.4. The van der Waals surface area contributed by atoms with Crippen LogP contribution in [-0.2, 0) is 4.74 Å². The zero-order chi connectivity index (χ0) is 15.4. The number of aromatic nitrogens is 3. The van der Waals surface area contributed by atoms with E-state index in [9.17, 15) is 0 Å². The highest BCUT2D eigenvalue weighted by atomic mass is 16.5. The Kier molecular flexibility index (Phi) is 3.03. The quantitative estimate of drug-likeness (QED) is 0.920. The van der Waals surface area contributed by atoms with Crippen molar-refractivity contribution < 1.29 is 4.74 Å². The van der Waals surface area contributed by atoms with Gasteiger partial charge in [-0.15, -0.1) is 0 Å². The highest BCUT2D eigenvalue weighted by Gasteiger charge is 2.56. The van der Waals surface area contributed by atoms with Crippen molar-refractivity contribution in [3.05, 3.63) is 18.6 Å². The van der Waals surface area contributed by atoms with Crippen molar-refractivity contribution in [2.75, 3.05) is 5.73 Å². The van der Waals surface area contributed by atoms with E-state index in [4.69, 9.17) is 10.5 Å². The number of nitrogen functional groups attached to an aromatic ring is 1. The van der Waals surface area contributed by atoms with Gasteiger partial charge in [-0.05, 0) is 12.5 Å². The van der Waals surface area contributed by atoms with E-state index in [1.54, 1.807) is 0 Å². The third-order valence-corrected chi connectivity index (χ3v) is 5.54. The molecule has 3 rings (SSSR count). The summed E-state index contributed by atoms with van der Waals surface area (Å²) in [5.74, 6) is 0.515. The Morgan fingerprint density at radius 1 is 1.24 bits per heavy atom. The largest absolute Gasteiger partial charge is 0.383 e. The van der Waals surface area contributed by atoms with Gasteiger partial charge in [-0.1, -0.05) is 34.6 Å². The SMILES string of the molecule is CC[C@H]1OC(n2ccc3c(N)ncnc32)C(C)(C)C1(C)C. The molecule has 5 heteroatoms. The van der Waals surface area contributed by atoms with E-state index in [1.807, 2.05) is 12.3 Å². The van der Waals surface area contributed by atoms with Crippen LogP contribution in [0.3, 0.4) is 0 Å². The van der Waals surface area contributed by atoms with Gasteiger partial charge in [-0.25, -0.2) is 9.97 Å². The molecule has 0 spiro atoms. The van der Waals surface area contributed by atoms with Gasteiger partial charge in [0.1, 0.15) is 24.0 Å². The van der Waals surface area contributed by atoms with Crippen molar-refractivity contribution in [3.63, 3.8) is 0 Å². The van der Waals surface area contributed by atoms with Crippen molar-refractivity contribution in [3.8, 4) is 0 Å². The van der Waals surface area contributed by atoms with Crippen molar-refractivity contribution in [1.82, 2.24) is 14.5 Å². The van der Waals surface area contributed by atoms with E-state index in [0.29, 0.717) is 5.82 Å². The molecule has 0 aliphatic carbocycles. The van der Waals surface area contributed by atoms with E-state index in [1.165, 1.54) is 6.33 Å². The molecule has 1 unspecified atom stereocenters. The van der Waals surface area contributed by atoms with Crippen LogP contribution in [0, 0.1) is 10.8 Å². The topological polar surface area (TPSA) is 66.0 Å². The van der Waals surface area contributed by atoms with Crippen LogP contribution in [0.2, 0.25) is 0 Å². The maximum absolute atomic E-state index is 6.40. The Labute approximate surface area is 125 Å². The van der Waals surface area contributed by atoms with Gasteiger partial charge in [0.15, 0.2) is 0 Å². The number of nitrogens with zero attached hydrogens (tertiary/aromatic N) is 3. The van der Waals surface area contributed by atoms with Crippen LogP contribution in [0.1, 0.15) is 47.3 Å². The molecule has 1 saturated heterocycles. The second kappa shape index (κ2) is 4.44. The number of hydrogen-bond donors (Lipinski definition) is 1. The van der Waals surface area contributed by atoms with Crippen LogP contribution >= 0.6 is 0 Å². The second-order valence-electron chi connectivity index (χ2n) is 7.05. The molecule has 0 bridgehead atoms. The molecule has 2 N–H and O–H groups in total. The van der Waals surface area contributed by atoms with Crippen LogP contribution in [0.25, 0.3) is 11.0 Å². The first-order valence-electron chi connectivity index (χ1n) is 7.53. The Balaban J connectivity index is 2.13. The van der Waals surface area contributed by atoms with Crippen molar-refractivity contribution in [2.45, 2.75) is 53.4 Å². The number of nitrogens with two attached hydrogens (primary N) is 1. The fourth-order valence-corrected chi connectivity index (χ4v) is 3.43. The van der Waals surface area contributed by atoms with Gasteiger partial charge in [-0.3, -0.25) is 0 Å². The van der Waals surface area contributed by atoms with E-state index in [0.717, 1.165) is 17.5 Å². The standard InChI is InChI=1S/C16H24N4O/c1-6-11-15(2,3)16(4,5)14(21-11)20-8-7-10-12(17)18-9-19-13(10)20/h7-9,11,14H,6H2,1-5H3,(H2,17,18,19)/t11-,14?/m1/s1. The minimum absolute atomic E-state index is 0.0145. The van der Waals surface area contributed by atoms with Crippen LogP contribution in [-0.4, -0.2) is 20.6 Å². The summed E-state index contributed by atoms with van der Waals surface area (Å²) in [6, 6.07) is 1.97. The van der Waals surface area contributed by atoms with Crippen LogP contribution in [0.4, 0.5) is 5.82 Å². The first kappa shape index (κ1) is 14.3. The minimum atomic E-state index is -0.0516. The van der Waals surface area contributed by atoms with Gasteiger partial charge in [0.2, 0.25) is 0 Å². The molecular weight excluding hydrogens is 264 g/mol. The monoisotopic (exact) mass is 288 g/mol. The molecule has 1 aliphatic rings. The van der Waals surface area contributed by atoms with Crippen LogP contribution in [0.15, 0.2) is 18.6 Å². The number of ether oxygens (including phenoxy) is 1. The average Bonchev–Trinajstić information content (AvgIpc) is 2.90. The lowest BCUT2D eigenvalue weighted by Crippen LogP contribution is -2.37. The molecule has 0 saturated carbocycles. The van der Waals surface area contributed by atoms with E-state index >= 15 is 0 Å². The number of rotatable bonds is 2. The van der Waals surface area contributed by atoms with Crippen molar-refractivity contribution in [2.24, 2.45) is 10.8 Å². The van der Waals surface area contributed by atoms with E-state index < -0.39 is 0 Å². The lowest BCUT2D eigenvalue weighted by atomic mass is 9.65. The molecule has 1 aliphatic heterocycles. The molecule has 0 radical (unpaired) electrons. The van der Waals surface area contributed by atoms with Gasteiger partial charge < -0.3 is 15.0 Å². The molecule has 2 aromatic heterocycles. The Bertz CT molecular complexity index is 674. The molecule has 0 amide bonds. The van der Waals surface area contributed by atoms with E-state index in [-0.39, 0.29) is 23.2 Å². The summed E-state index contributed by atoms with van der Waals surface area (Å²) >= 11 is 0. The Morgan fingerprint density at radius 2 is 1.95 bits per heavy atom. The molecule has 1 fully saturated rings. The molecule has 5 nitrogen and oxygen atoms in total. The van der Waals surface area contributed by atoms with Crippen LogP contribution in [0.5, 0.6) is 0 Å². The van der Waals surface area contributed by atoms with Crippen molar-refractivity contribution in [1.29, 1.82) is 0 Å². The third kappa shape index (κ3) is 1.80. The summed E-state index contributed by atoms with van der Waals surface area (Å²) in [7, 11) is 0. The maximum atomic E-state index is 6.40. The molecule has 2 aromatic rings. The molecule has 3 heterocycles. The minimum Gasteiger partial charge on any atom is -0.383 e. The summed E-state index contributed by atoms with van der Waals surface area (Å²) in [4.78, 5) is 8.46. The summed E-state index contributed by atoms with van der Waals surface area (Å²) in [6.07, 6.45) is 4.70. The first-order valence-corrected chi connectivity index (χ1v) is 7.53. The molecule has 21 heavy (non-hydrogen) atoms. The summed E-state index contributed by atoms with van der Waals surface area (Å²) in [6.45, 7) is 11.3. The van der Waals surface area contributed by atoms with Gasteiger partial charge in [0.25, 0.3) is 0 Å². The van der Waals surface area contributed by atoms with Gasteiger partial charge in [-0.2, -0.15) is 0 Å². The van der Waals surface area contributed by atoms with Gasteiger partial charge in [0.05, 0.1) is 11.5 Å². The molecular formula is C16H24N4O. The summed E-state index contributed by atoms with van der Waals surface area (Å²) in [5, 5.41) is 0.884. The predicted molar refractivity (Wildman–Crippen MR) is 83.7 cm³/mol. The highest BCUT2D eigenvalue weighted by Crippen LogP contribution is 2.58.